The first kappa shape index (κ1) is 9.14. The van der Waals surface area contributed by atoms with Crippen molar-refractivity contribution in [3.63, 3.8) is 0 Å². The van der Waals surface area contributed by atoms with Crippen molar-refractivity contribution in [2.24, 2.45) is 5.92 Å². The highest BCUT2D eigenvalue weighted by molar-refractivity contribution is 7.99. The van der Waals surface area contributed by atoms with Gasteiger partial charge in [0.25, 0.3) is 0 Å². The topological polar surface area (TPSA) is 3.24 Å². The largest absolute Gasteiger partial charge is 0.302 e. The third kappa shape index (κ3) is 3.30. The van der Waals surface area contributed by atoms with Gasteiger partial charge in [0.1, 0.15) is 0 Å². The first-order valence-corrected chi connectivity index (χ1v) is 5.35. The summed E-state index contributed by atoms with van der Waals surface area (Å²) in [6, 6.07) is 0. The van der Waals surface area contributed by atoms with Gasteiger partial charge < -0.3 is 4.90 Å². The zero-order valence-electron chi connectivity index (χ0n) is 7.25. The van der Waals surface area contributed by atoms with Crippen LogP contribution in [0.15, 0.2) is 12.7 Å². The van der Waals surface area contributed by atoms with Crippen LogP contribution in [0.2, 0.25) is 0 Å². The van der Waals surface area contributed by atoms with Gasteiger partial charge in [-0.05, 0) is 30.9 Å². The van der Waals surface area contributed by atoms with Crippen molar-refractivity contribution in [1.29, 1.82) is 0 Å². The maximum absolute atomic E-state index is 3.73. The van der Waals surface area contributed by atoms with Gasteiger partial charge >= 0.3 is 0 Å². The molecule has 0 amide bonds. The van der Waals surface area contributed by atoms with Crippen molar-refractivity contribution in [3.8, 4) is 0 Å². The Morgan fingerprint density at radius 1 is 1.73 bits per heavy atom. The summed E-state index contributed by atoms with van der Waals surface area (Å²) in [5.74, 6) is 3.67. The van der Waals surface area contributed by atoms with Crippen LogP contribution >= 0.6 is 11.8 Å². The molecule has 64 valence electrons. The van der Waals surface area contributed by atoms with Crippen LogP contribution in [0.25, 0.3) is 0 Å². The minimum Gasteiger partial charge on any atom is -0.302 e. The zero-order valence-corrected chi connectivity index (χ0v) is 8.07. The number of nitrogens with zero attached hydrogens (tertiary/aromatic N) is 1. The van der Waals surface area contributed by atoms with Gasteiger partial charge in [-0.25, -0.2) is 0 Å². The normalized spacial score (nSPS) is 24.4. The zero-order chi connectivity index (χ0) is 8.10. The summed E-state index contributed by atoms with van der Waals surface area (Å²) >= 11 is 2.09. The van der Waals surface area contributed by atoms with E-state index in [0.717, 1.165) is 12.5 Å². The molecule has 1 saturated heterocycles. The molecule has 1 aliphatic rings. The second kappa shape index (κ2) is 4.83. The molecule has 1 rings (SSSR count). The molecule has 0 bridgehead atoms. The van der Waals surface area contributed by atoms with Crippen LogP contribution in [0.4, 0.5) is 0 Å². The molecule has 0 spiro atoms. The Labute approximate surface area is 73.8 Å². The molecule has 1 heterocycles. The Balaban J connectivity index is 2.12. The lowest BCUT2D eigenvalue weighted by atomic mass is 10.1. The van der Waals surface area contributed by atoms with Gasteiger partial charge in [0.2, 0.25) is 0 Å². The first-order valence-electron chi connectivity index (χ1n) is 4.20. The van der Waals surface area contributed by atoms with Crippen molar-refractivity contribution < 1.29 is 0 Å². The van der Waals surface area contributed by atoms with Gasteiger partial charge in [-0.2, -0.15) is 11.8 Å². The molecule has 1 atom stereocenters. The van der Waals surface area contributed by atoms with Gasteiger partial charge in [0.05, 0.1) is 0 Å². The van der Waals surface area contributed by atoms with Crippen molar-refractivity contribution >= 4 is 11.8 Å². The molecule has 11 heavy (non-hydrogen) atoms. The molecule has 0 N–H and O–H groups in total. The van der Waals surface area contributed by atoms with E-state index in [2.05, 4.69) is 30.3 Å². The molecule has 0 radical (unpaired) electrons. The molecule has 0 aromatic rings. The van der Waals surface area contributed by atoms with E-state index in [1.165, 1.54) is 24.5 Å². The van der Waals surface area contributed by atoms with Gasteiger partial charge in [0, 0.05) is 13.1 Å². The van der Waals surface area contributed by atoms with E-state index in [9.17, 15) is 0 Å². The van der Waals surface area contributed by atoms with E-state index in [1.54, 1.807) is 0 Å². The number of likely N-dealkylation sites (N-methyl/N-ethyl adjacent to an activating group) is 1. The van der Waals surface area contributed by atoms with Crippen molar-refractivity contribution in [3.05, 3.63) is 12.7 Å². The monoisotopic (exact) mass is 171 g/mol. The lowest BCUT2D eigenvalue weighted by molar-refractivity contribution is 0.316. The fraction of sp³-hybridized carbons (Fsp3) is 0.778. The minimum absolute atomic E-state index is 0.935. The van der Waals surface area contributed by atoms with Gasteiger partial charge in [-0.3, -0.25) is 0 Å². The summed E-state index contributed by atoms with van der Waals surface area (Å²) in [6.07, 6.45) is 3.38. The Morgan fingerprint density at radius 3 is 3.09 bits per heavy atom. The Morgan fingerprint density at radius 2 is 2.55 bits per heavy atom. The van der Waals surface area contributed by atoms with Crippen molar-refractivity contribution in [2.75, 3.05) is 31.6 Å². The van der Waals surface area contributed by atoms with Crippen LogP contribution < -0.4 is 0 Å². The molecule has 0 aromatic carbocycles. The summed E-state index contributed by atoms with van der Waals surface area (Å²) in [4.78, 5) is 2.35. The van der Waals surface area contributed by atoms with Crippen LogP contribution in [0.3, 0.4) is 0 Å². The van der Waals surface area contributed by atoms with Crippen LogP contribution in [0.5, 0.6) is 0 Å². The fourth-order valence-corrected chi connectivity index (χ4v) is 2.74. The molecule has 0 aliphatic carbocycles. The summed E-state index contributed by atoms with van der Waals surface area (Å²) in [5, 5.41) is 0. The van der Waals surface area contributed by atoms with Crippen molar-refractivity contribution in [1.82, 2.24) is 4.90 Å². The van der Waals surface area contributed by atoms with Crippen molar-refractivity contribution in [2.45, 2.75) is 6.42 Å². The van der Waals surface area contributed by atoms with E-state index in [0.29, 0.717) is 0 Å². The van der Waals surface area contributed by atoms with E-state index < -0.39 is 0 Å². The lowest BCUT2D eigenvalue weighted by Gasteiger charge is -2.18. The maximum Gasteiger partial charge on any atom is 0.0157 e. The van der Waals surface area contributed by atoms with Crippen LogP contribution in [-0.2, 0) is 0 Å². The maximum atomic E-state index is 3.73. The summed E-state index contributed by atoms with van der Waals surface area (Å²) in [7, 11) is 2.17. The van der Waals surface area contributed by atoms with Crippen LogP contribution in [0.1, 0.15) is 6.42 Å². The average molecular weight is 171 g/mol. The molecule has 2 heteroatoms. The van der Waals surface area contributed by atoms with E-state index >= 15 is 0 Å². The summed E-state index contributed by atoms with van der Waals surface area (Å²) in [6.45, 7) is 6.01. The van der Waals surface area contributed by atoms with Gasteiger partial charge in [-0.1, -0.05) is 6.08 Å². The van der Waals surface area contributed by atoms with Crippen LogP contribution in [0, 0.1) is 5.92 Å². The molecule has 1 nitrogen and oxygen atoms in total. The summed E-state index contributed by atoms with van der Waals surface area (Å²) < 4.78 is 0. The highest BCUT2D eigenvalue weighted by atomic mass is 32.2. The number of hydrogen-bond donors (Lipinski definition) is 0. The lowest BCUT2D eigenvalue weighted by Crippen LogP contribution is -2.25. The van der Waals surface area contributed by atoms with Crippen LogP contribution in [-0.4, -0.2) is 36.5 Å². The standard InChI is InChI=1S/C9H17NS/c1-3-5-10(2)7-9-4-6-11-8-9/h3,9H,1,4-8H2,2H3. The molecular weight excluding hydrogens is 154 g/mol. The van der Waals surface area contributed by atoms with E-state index in [1.807, 2.05) is 6.08 Å². The third-order valence-corrected chi connectivity index (χ3v) is 3.27. The van der Waals surface area contributed by atoms with Gasteiger partial charge in [-0.15, -0.1) is 6.58 Å². The molecule has 0 saturated carbocycles. The molecular formula is C9H17NS. The molecule has 1 aliphatic heterocycles. The number of rotatable bonds is 4. The molecule has 0 aromatic heterocycles. The Kier molecular flexibility index (Phi) is 4.02. The predicted molar refractivity (Wildman–Crippen MR) is 53.1 cm³/mol. The molecule has 1 fully saturated rings. The number of hydrogen-bond acceptors (Lipinski definition) is 2. The number of thioether (sulfide) groups is 1. The van der Waals surface area contributed by atoms with Gasteiger partial charge in [0.15, 0.2) is 0 Å². The quantitative estimate of drug-likeness (QED) is 0.594. The predicted octanol–water partition coefficient (Wildman–Crippen LogP) is 1.86. The van der Waals surface area contributed by atoms with E-state index in [-0.39, 0.29) is 0 Å². The minimum atomic E-state index is 0.935. The SMILES string of the molecule is C=CCN(C)CC1CCSC1. The summed E-state index contributed by atoms with van der Waals surface area (Å²) in [5.41, 5.74) is 0. The van der Waals surface area contributed by atoms with E-state index in [4.69, 9.17) is 0 Å². The average Bonchev–Trinajstić information content (AvgIpc) is 2.40. The first-order chi connectivity index (χ1) is 5.33. The highest BCUT2D eigenvalue weighted by Crippen LogP contribution is 2.23. The Bertz CT molecular complexity index is 119. The fourth-order valence-electron chi connectivity index (χ4n) is 1.46. The highest BCUT2D eigenvalue weighted by Gasteiger charge is 2.16. The molecule has 1 unspecified atom stereocenters. The Hall–Kier alpha value is 0.0500. The smallest absolute Gasteiger partial charge is 0.0157 e. The second-order valence-electron chi connectivity index (χ2n) is 3.24. The second-order valence-corrected chi connectivity index (χ2v) is 4.39. The third-order valence-electron chi connectivity index (χ3n) is 2.03.